The lowest BCUT2D eigenvalue weighted by Crippen LogP contribution is -2.32. The summed E-state index contributed by atoms with van der Waals surface area (Å²) in [5.74, 6) is 0.340. The standard InChI is InChI=1S/C28H23ClN2O3S/c1-18-16-21(19(2)31(18)25-9-5-7-20-6-3-4-8-24(20)25)17-26-27(32)30(28(33)35-26)14-15-34-23-12-10-22(29)11-13-23/h3-13,16-17H,14-15H2,1-2H3/b26-17-. The summed E-state index contributed by atoms with van der Waals surface area (Å²) in [5.41, 5.74) is 4.07. The zero-order valence-corrected chi connectivity index (χ0v) is 20.9. The van der Waals surface area contributed by atoms with Crippen LogP contribution < -0.4 is 4.74 Å². The van der Waals surface area contributed by atoms with E-state index < -0.39 is 0 Å². The summed E-state index contributed by atoms with van der Waals surface area (Å²) in [4.78, 5) is 27.2. The van der Waals surface area contributed by atoms with Crippen molar-refractivity contribution in [1.29, 1.82) is 0 Å². The van der Waals surface area contributed by atoms with Crippen LogP contribution in [0.5, 0.6) is 5.75 Å². The molecule has 176 valence electrons. The van der Waals surface area contributed by atoms with E-state index in [1.54, 1.807) is 24.3 Å². The predicted molar refractivity (Wildman–Crippen MR) is 142 cm³/mol. The molecule has 1 saturated heterocycles. The number of fused-ring (bicyclic) bond motifs is 1. The highest BCUT2D eigenvalue weighted by Crippen LogP contribution is 2.34. The maximum absolute atomic E-state index is 13.0. The minimum Gasteiger partial charge on any atom is -0.492 e. The molecule has 1 aliphatic rings. The van der Waals surface area contributed by atoms with Crippen molar-refractivity contribution in [1.82, 2.24) is 9.47 Å². The van der Waals surface area contributed by atoms with Gasteiger partial charge in [0.2, 0.25) is 0 Å². The van der Waals surface area contributed by atoms with Crippen LogP contribution in [-0.2, 0) is 4.79 Å². The predicted octanol–water partition coefficient (Wildman–Crippen LogP) is 7.02. The quantitative estimate of drug-likeness (QED) is 0.266. The number of carbonyl (C=O) groups excluding carboxylic acids is 2. The van der Waals surface area contributed by atoms with E-state index in [-0.39, 0.29) is 24.3 Å². The van der Waals surface area contributed by atoms with Crippen LogP contribution >= 0.6 is 23.4 Å². The molecule has 1 aromatic heterocycles. The number of imide groups is 1. The van der Waals surface area contributed by atoms with Gasteiger partial charge >= 0.3 is 0 Å². The van der Waals surface area contributed by atoms with Crippen molar-refractivity contribution >= 4 is 51.4 Å². The molecule has 35 heavy (non-hydrogen) atoms. The normalized spacial score (nSPS) is 14.9. The summed E-state index contributed by atoms with van der Waals surface area (Å²) in [6.45, 7) is 4.47. The molecule has 7 heteroatoms. The van der Waals surface area contributed by atoms with Gasteiger partial charge in [-0.2, -0.15) is 0 Å². The monoisotopic (exact) mass is 502 g/mol. The molecule has 4 aromatic rings. The molecule has 1 aliphatic heterocycles. The summed E-state index contributed by atoms with van der Waals surface area (Å²) in [7, 11) is 0. The average Bonchev–Trinajstić information content (AvgIpc) is 3.28. The van der Waals surface area contributed by atoms with Crippen molar-refractivity contribution in [3.05, 3.63) is 99.7 Å². The molecule has 0 saturated carbocycles. The van der Waals surface area contributed by atoms with E-state index in [0.717, 1.165) is 39.8 Å². The number of nitrogens with zero attached hydrogens (tertiary/aromatic N) is 2. The lowest BCUT2D eigenvalue weighted by molar-refractivity contribution is -0.123. The van der Waals surface area contributed by atoms with Gasteiger partial charge in [-0.3, -0.25) is 14.5 Å². The molecular weight excluding hydrogens is 480 g/mol. The molecule has 0 spiro atoms. The maximum atomic E-state index is 13.0. The lowest BCUT2D eigenvalue weighted by Gasteiger charge is -2.13. The molecule has 5 rings (SSSR count). The largest absolute Gasteiger partial charge is 0.492 e. The van der Waals surface area contributed by atoms with Crippen LogP contribution in [0, 0.1) is 13.8 Å². The molecule has 0 unspecified atom stereocenters. The van der Waals surface area contributed by atoms with Crippen LogP contribution in [0.15, 0.2) is 77.7 Å². The number of aromatic nitrogens is 1. The first kappa shape index (κ1) is 23.3. The van der Waals surface area contributed by atoms with Crippen molar-refractivity contribution in [2.75, 3.05) is 13.2 Å². The van der Waals surface area contributed by atoms with Gasteiger partial charge in [0.05, 0.1) is 17.1 Å². The van der Waals surface area contributed by atoms with Gasteiger partial charge in [-0.1, -0.05) is 48.0 Å². The van der Waals surface area contributed by atoms with Crippen LogP contribution in [0.1, 0.15) is 17.0 Å². The molecule has 0 atom stereocenters. The van der Waals surface area contributed by atoms with E-state index in [1.165, 1.54) is 10.3 Å². The highest BCUT2D eigenvalue weighted by molar-refractivity contribution is 8.18. The minimum absolute atomic E-state index is 0.180. The molecule has 2 amide bonds. The number of hydrogen-bond acceptors (Lipinski definition) is 4. The molecule has 0 radical (unpaired) electrons. The molecule has 3 aromatic carbocycles. The molecule has 2 heterocycles. The summed E-state index contributed by atoms with van der Waals surface area (Å²) in [6.07, 6.45) is 1.81. The summed E-state index contributed by atoms with van der Waals surface area (Å²) < 4.78 is 7.85. The summed E-state index contributed by atoms with van der Waals surface area (Å²) in [6, 6.07) is 23.5. The Morgan fingerprint density at radius 2 is 1.71 bits per heavy atom. The van der Waals surface area contributed by atoms with Crippen molar-refractivity contribution in [2.24, 2.45) is 0 Å². The second kappa shape index (κ2) is 9.64. The van der Waals surface area contributed by atoms with Crippen LogP contribution in [-0.4, -0.2) is 33.8 Å². The zero-order chi connectivity index (χ0) is 24.5. The van der Waals surface area contributed by atoms with Crippen LogP contribution in [0.3, 0.4) is 0 Å². The van der Waals surface area contributed by atoms with Gasteiger partial charge in [-0.25, -0.2) is 0 Å². The van der Waals surface area contributed by atoms with Crippen LogP contribution in [0.2, 0.25) is 5.02 Å². The fraction of sp³-hybridized carbons (Fsp3) is 0.143. The van der Waals surface area contributed by atoms with Gasteiger partial charge < -0.3 is 9.30 Å². The van der Waals surface area contributed by atoms with Gasteiger partial charge in [0, 0.05) is 21.8 Å². The zero-order valence-electron chi connectivity index (χ0n) is 19.3. The van der Waals surface area contributed by atoms with Gasteiger partial charge in [0.15, 0.2) is 0 Å². The van der Waals surface area contributed by atoms with Gasteiger partial charge in [-0.05, 0) is 79.0 Å². The Labute approximate surface area is 212 Å². The maximum Gasteiger partial charge on any atom is 0.293 e. The third-order valence-electron chi connectivity index (χ3n) is 6.04. The topological polar surface area (TPSA) is 51.5 Å². The fourth-order valence-electron chi connectivity index (χ4n) is 4.33. The third-order valence-corrected chi connectivity index (χ3v) is 7.19. The number of rotatable bonds is 6. The first-order valence-corrected chi connectivity index (χ1v) is 12.4. The molecule has 0 bridgehead atoms. The number of thioether (sulfide) groups is 1. The number of amides is 2. The Hall–Kier alpha value is -3.48. The Bertz CT molecular complexity index is 1470. The highest BCUT2D eigenvalue weighted by atomic mass is 35.5. The van der Waals surface area contributed by atoms with E-state index >= 15 is 0 Å². The third kappa shape index (κ3) is 4.59. The Morgan fingerprint density at radius 1 is 0.971 bits per heavy atom. The average molecular weight is 503 g/mol. The van der Waals surface area contributed by atoms with Crippen molar-refractivity contribution in [3.63, 3.8) is 0 Å². The van der Waals surface area contributed by atoms with E-state index in [1.807, 2.05) is 38.1 Å². The second-order valence-corrected chi connectivity index (χ2v) is 9.73. The fourth-order valence-corrected chi connectivity index (χ4v) is 5.31. The molecule has 1 fully saturated rings. The summed E-state index contributed by atoms with van der Waals surface area (Å²) in [5, 5.41) is 2.66. The van der Waals surface area contributed by atoms with Crippen LogP contribution in [0.25, 0.3) is 22.5 Å². The van der Waals surface area contributed by atoms with E-state index in [9.17, 15) is 9.59 Å². The second-order valence-electron chi connectivity index (χ2n) is 8.30. The minimum atomic E-state index is -0.297. The Morgan fingerprint density at radius 3 is 2.51 bits per heavy atom. The molecule has 5 nitrogen and oxygen atoms in total. The number of carbonyl (C=O) groups is 2. The summed E-state index contributed by atoms with van der Waals surface area (Å²) >= 11 is 6.85. The van der Waals surface area contributed by atoms with Crippen molar-refractivity contribution in [2.45, 2.75) is 13.8 Å². The lowest BCUT2D eigenvalue weighted by atomic mass is 10.1. The number of ether oxygens (including phenoxy) is 1. The first-order valence-electron chi connectivity index (χ1n) is 11.2. The number of benzene rings is 3. The molecule has 0 aliphatic carbocycles. The molecule has 0 N–H and O–H groups in total. The van der Waals surface area contributed by atoms with Crippen molar-refractivity contribution in [3.8, 4) is 11.4 Å². The van der Waals surface area contributed by atoms with E-state index in [2.05, 4.69) is 34.9 Å². The van der Waals surface area contributed by atoms with Gasteiger partial charge in [-0.15, -0.1) is 0 Å². The highest BCUT2D eigenvalue weighted by Gasteiger charge is 2.35. The van der Waals surface area contributed by atoms with E-state index in [0.29, 0.717) is 15.7 Å². The first-order chi connectivity index (χ1) is 16.9. The van der Waals surface area contributed by atoms with Crippen LogP contribution in [0.4, 0.5) is 4.79 Å². The Balaban J connectivity index is 1.37. The SMILES string of the molecule is Cc1cc(/C=C2\SC(=O)N(CCOc3ccc(Cl)cc3)C2=O)c(C)n1-c1cccc2ccccc12. The number of aryl methyl sites for hydroxylation is 1. The molecular formula is C28H23ClN2O3S. The number of hydrogen-bond donors (Lipinski definition) is 0. The van der Waals surface area contributed by atoms with E-state index in [4.69, 9.17) is 16.3 Å². The van der Waals surface area contributed by atoms with Gasteiger partial charge in [0.25, 0.3) is 11.1 Å². The smallest absolute Gasteiger partial charge is 0.293 e. The number of halogens is 1. The van der Waals surface area contributed by atoms with Gasteiger partial charge in [0.1, 0.15) is 12.4 Å². The Kier molecular flexibility index (Phi) is 6.41. The van der Waals surface area contributed by atoms with Crippen molar-refractivity contribution < 1.29 is 14.3 Å².